The molecule has 1 heterocycles. The first kappa shape index (κ1) is 36.0. The fourth-order valence-corrected chi connectivity index (χ4v) is 8.69. The van der Waals surface area contributed by atoms with Crippen molar-refractivity contribution in [1.29, 1.82) is 0 Å². The van der Waals surface area contributed by atoms with Crippen molar-refractivity contribution < 1.29 is 4.42 Å². The third-order valence-corrected chi connectivity index (χ3v) is 11.6. The van der Waals surface area contributed by atoms with E-state index in [2.05, 4.69) is 252 Å². The first-order valence-corrected chi connectivity index (χ1v) is 20.7. The maximum Gasteiger partial charge on any atom is 0.139 e. The van der Waals surface area contributed by atoms with Crippen molar-refractivity contribution in [1.82, 2.24) is 0 Å². The van der Waals surface area contributed by atoms with Crippen LogP contribution < -0.4 is 9.80 Å². The molecule has 0 aliphatic carbocycles. The van der Waals surface area contributed by atoms with Crippen molar-refractivity contribution in [2.45, 2.75) is 0 Å². The minimum absolute atomic E-state index is 0.808. The predicted octanol–water partition coefficient (Wildman–Crippen LogP) is 16.7. The van der Waals surface area contributed by atoms with Crippen LogP contribution in [0.4, 0.5) is 34.1 Å². The Bertz CT molecular complexity index is 3270. The van der Waals surface area contributed by atoms with E-state index in [1.807, 2.05) is 0 Å². The van der Waals surface area contributed by atoms with Crippen molar-refractivity contribution in [3.05, 3.63) is 243 Å². The van der Waals surface area contributed by atoms with Crippen LogP contribution >= 0.6 is 0 Å². The van der Waals surface area contributed by atoms with Crippen LogP contribution in [-0.4, -0.2) is 0 Å². The van der Waals surface area contributed by atoms with Gasteiger partial charge in [0.1, 0.15) is 11.2 Å². The van der Waals surface area contributed by atoms with Gasteiger partial charge >= 0.3 is 0 Å². The van der Waals surface area contributed by atoms with Crippen LogP contribution in [0.3, 0.4) is 0 Å². The van der Waals surface area contributed by atoms with Gasteiger partial charge in [0.2, 0.25) is 0 Å². The number of benzene rings is 10. The second kappa shape index (κ2) is 15.6. The molecule has 0 unspecified atom stereocenters. The van der Waals surface area contributed by atoms with E-state index >= 15 is 0 Å². The van der Waals surface area contributed by atoms with Gasteiger partial charge in [0.25, 0.3) is 0 Å². The Morgan fingerprint density at radius 1 is 0.279 bits per heavy atom. The van der Waals surface area contributed by atoms with Crippen LogP contribution in [0.2, 0.25) is 0 Å². The van der Waals surface area contributed by atoms with E-state index in [1.165, 1.54) is 22.1 Å². The largest absolute Gasteiger partial charge is 0.456 e. The number of nitrogens with zero attached hydrogens (tertiary/aromatic N) is 2. The maximum atomic E-state index is 7.00. The van der Waals surface area contributed by atoms with Gasteiger partial charge in [-0.3, -0.25) is 0 Å². The van der Waals surface area contributed by atoms with Crippen LogP contribution in [0, 0.1) is 0 Å². The summed E-state index contributed by atoms with van der Waals surface area (Å²) in [6.45, 7) is 0. The molecular formula is C58H40N2O. The van der Waals surface area contributed by atoms with Crippen LogP contribution in [-0.2, 0) is 0 Å². The fourth-order valence-electron chi connectivity index (χ4n) is 8.69. The molecular weight excluding hydrogens is 741 g/mol. The van der Waals surface area contributed by atoms with Gasteiger partial charge in [-0.05, 0) is 99.3 Å². The van der Waals surface area contributed by atoms with Crippen molar-refractivity contribution in [3.8, 4) is 33.4 Å². The van der Waals surface area contributed by atoms with Crippen molar-refractivity contribution in [2.24, 2.45) is 0 Å². The van der Waals surface area contributed by atoms with Crippen LogP contribution in [0.15, 0.2) is 247 Å². The molecule has 0 radical (unpaired) electrons. The number of anilines is 6. The van der Waals surface area contributed by atoms with Gasteiger partial charge in [-0.25, -0.2) is 0 Å². The smallest absolute Gasteiger partial charge is 0.139 e. The number of rotatable bonds is 9. The maximum absolute atomic E-state index is 7.00. The Morgan fingerprint density at radius 3 is 1.31 bits per heavy atom. The van der Waals surface area contributed by atoms with Crippen LogP contribution in [0.5, 0.6) is 0 Å². The van der Waals surface area contributed by atoms with Crippen molar-refractivity contribution in [3.63, 3.8) is 0 Å². The molecule has 3 heteroatoms. The van der Waals surface area contributed by atoms with E-state index in [0.29, 0.717) is 0 Å². The van der Waals surface area contributed by atoms with Crippen molar-refractivity contribution >= 4 is 66.8 Å². The minimum atomic E-state index is 0.808. The predicted molar refractivity (Wildman–Crippen MR) is 257 cm³/mol. The summed E-state index contributed by atoms with van der Waals surface area (Å²) in [5, 5.41) is 4.43. The standard InChI is InChI=1S/C58H40N2O/c1-5-17-41(18-6-1)43-29-33-49(34-30-43)59(48-25-11-4-12-26-48)55-39-51(40-57-58(55)53-37-46-23-13-14-24-47(46)38-56(53)61-57)60(50-35-31-44(32-36-50)42-19-7-2-8-20-42)54-28-16-15-27-52(54)45-21-9-3-10-22-45/h1-40H. The zero-order valence-corrected chi connectivity index (χ0v) is 33.4. The Kier molecular flexibility index (Phi) is 9.18. The van der Waals surface area contributed by atoms with Gasteiger partial charge in [-0.15, -0.1) is 0 Å². The van der Waals surface area contributed by atoms with Crippen molar-refractivity contribution in [2.75, 3.05) is 9.80 Å². The van der Waals surface area contributed by atoms with Gasteiger partial charge < -0.3 is 14.2 Å². The lowest BCUT2D eigenvalue weighted by atomic mass is 10.00. The first-order valence-electron chi connectivity index (χ1n) is 20.7. The molecule has 288 valence electrons. The zero-order valence-electron chi connectivity index (χ0n) is 33.4. The van der Waals surface area contributed by atoms with Gasteiger partial charge in [0.15, 0.2) is 0 Å². The molecule has 11 rings (SSSR count). The highest BCUT2D eigenvalue weighted by Gasteiger charge is 2.25. The van der Waals surface area contributed by atoms with Crippen LogP contribution in [0.25, 0.3) is 66.1 Å². The Hall–Kier alpha value is -8.14. The monoisotopic (exact) mass is 780 g/mol. The second-order valence-electron chi connectivity index (χ2n) is 15.4. The average Bonchev–Trinajstić information content (AvgIpc) is 3.70. The Labute approximate surface area is 355 Å². The van der Waals surface area contributed by atoms with Gasteiger partial charge in [0, 0.05) is 34.1 Å². The van der Waals surface area contributed by atoms with E-state index in [-0.39, 0.29) is 0 Å². The molecule has 11 aromatic rings. The van der Waals surface area contributed by atoms with Gasteiger partial charge in [0.05, 0.1) is 22.4 Å². The highest BCUT2D eigenvalue weighted by Crippen LogP contribution is 2.49. The molecule has 3 nitrogen and oxygen atoms in total. The van der Waals surface area contributed by atoms with Gasteiger partial charge in [-0.2, -0.15) is 0 Å². The summed E-state index contributed by atoms with van der Waals surface area (Å²) in [6, 6.07) is 86.5. The summed E-state index contributed by atoms with van der Waals surface area (Å²) >= 11 is 0. The average molecular weight is 781 g/mol. The van der Waals surface area contributed by atoms with E-state index in [1.54, 1.807) is 0 Å². The normalized spacial score (nSPS) is 11.3. The van der Waals surface area contributed by atoms with Gasteiger partial charge in [-0.1, -0.05) is 176 Å². The minimum Gasteiger partial charge on any atom is -0.456 e. The molecule has 0 atom stereocenters. The highest BCUT2D eigenvalue weighted by molar-refractivity contribution is 6.17. The number of furan rings is 1. The molecule has 0 saturated carbocycles. The SMILES string of the molecule is c1ccc(-c2ccc(N(c3cc(N(c4ccccc4)c4ccc(-c5ccccc5)cc4)c4c(c3)oc3cc5ccccc5cc34)c3ccccc3-c3ccccc3)cc2)cc1. The quantitative estimate of drug-likeness (QED) is 0.145. The highest BCUT2D eigenvalue weighted by atomic mass is 16.3. The zero-order chi connectivity index (χ0) is 40.5. The molecule has 1 aromatic heterocycles. The lowest BCUT2D eigenvalue weighted by molar-refractivity contribution is 0.669. The van der Waals surface area contributed by atoms with Crippen LogP contribution in [0.1, 0.15) is 0 Å². The summed E-state index contributed by atoms with van der Waals surface area (Å²) in [6.07, 6.45) is 0. The first-order chi connectivity index (χ1) is 30.2. The molecule has 0 bridgehead atoms. The topological polar surface area (TPSA) is 19.6 Å². The molecule has 0 fully saturated rings. The molecule has 0 spiro atoms. The third kappa shape index (κ3) is 6.78. The summed E-state index contributed by atoms with van der Waals surface area (Å²) < 4.78 is 7.00. The van der Waals surface area contributed by atoms with E-state index in [0.717, 1.165) is 78.1 Å². The number of para-hydroxylation sites is 2. The molecule has 10 aromatic carbocycles. The Morgan fingerprint density at radius 2 is 0.721 bits per heavy atom. The summed E-state index contributed by atoms with van der Waals surface area (Å²) in [5.41, 5.74) is 14.8. The second-order valence-corrected chi connectivity index (χ2v) is 15.4. The molecule has 0 N–H and O–H groups in total. The number of hydrogen-bond acceptors (Lipinski definition) is 3. The molecule has 61 heavy (non-hydrogen) atoms. The summed E-state index contributed by atoms with van der Waals surface area (Å²) in [7, 11) is 0. The van der Waals surface area contributed by atoms with E-state index in [4.69, 9.17) is 4.42 Å². The summed E-state index contributed by atoms with van der Waals surface area (Å²) in [5.74, 6) is 0. The number of hydrogen-bond donors (Lipinski definition) is 0. The lowest BCUT2D eigenvalue weighted by Crippen LogP contribution is -2.14. The van der Waals surface area contributed by atoms with E-state index < -0.39 is 0 Å². The lowest BCUT2D eigenvalue weighted by Gasteiger charge is -2.31. The molecule has 0 amide bonds. The number of fused-ring (bicyclic) bond motifs is 4. The molecule has 0 aliphatic rings. The van der Waals surface area contributed by atoms with E-state index in [9.17, 15) is 0 Å². The third-order valence-electron chi connectivity index (χ3n) is 11.6. The fraction of sp³-hybridized carbons (Fsp3) is 0. The molecule has 0 saturated heterocycles. The summed E-state index contributed by atoms with van der Waals surface area (Å²) in [4.78, 5) is 4.76. The Balaban J connectivity index is 1.19. The molecule has 0 aliphatic heterocycles.